The molecule has 31 heavy (non-hydrogen) atoms. The lowest BCUT2D eigenvalue weighted by Crippen LogP contribution is -2.39. The van der Waals surface area contributed by atoms with Crippen LogP contribution in [0.5, 0.6) is 0 Å². The van der Waals surface area contributed by atoms with E-state index in [0.717, 1.165) is 34.2 Å². The highest BCUT2D eigenvalue weighted by Crippen LogP contribution is 2.46. The number of carbonyl (C=O) groups is 2. The number of likely N-dealkylation sites (N-methyl/N-ethyl adjacent to an activating group) is 1. The smallest absolute Gasteiger partial charge is 0.338 e. The molecule has 0 saturated carbocycles. The molecule has 1 aromatic rings. The topological polar surface area (TPSA) is 74.2 Å². The van der Waals surface area contributed by atoms with Gasteiger partial charge in [0.05, 0.1) is 30.8 Å². The maximum atomic E-state index is 12.9. The molecule has 1 unspecified atom stereocenters. The minimum Gasteiger partial charge on any atom is -0.466 e. The van der Waals surface area contributed by atoms with Crippen molar-refractivity contribution in [2.75, 3.05) is 34.3 Å². The molecule has 1 N–H and O–H groups in total. The Morgan fingerprint density at radius 1 is 1.29 bits per heavy atom. The number of hydrogen-bond donors (Lipinski definition) is 1. The Bertz CT molecular complexity index is 952. The molecule has 1 aromatic carbocycles. The fourth-order valence-electron chi connectivity index (χ4n) is 3.75. The van der Waals surface area contributed by atoms with Crippen LogP contribution in [0.2, 0.25) is 0 Å². The lowest BCUT2D eigenvalue weighted by molar-refractivity contribution is -0.136. The maximum absolute atomic E-state index is 12.9. The van der Waals surface area contributed by atoms with Crippen LogP contribution in [0.4, 0.5) is 0 Å². The first-order chi connectivity index (χ1) is 14.9. The zero-order chi connectivity index (χ0) is 22.5. The Hall–Kier alpha value is -2.58. The largest absolute Gasteiger partial charge is 0.466 e. The summed E-state index contributed by atoms with van der Waals surface area (Å²) in [6.45, 7) is 5.37. The quantitative estimate of drug-likeness (QED) is 0.624. The number of ether oxygens (including phenoxy) is 1. The van der Waals surface area contributed by atoms with Gasteiger partial charge in [0.2, 0.25) is 5.91 Å². The number of hydrogen-bond acceptors (Lipinski definition) is 7. The third kappa shape index (κ3) is 5.02. The van der Waals surface area contributed by atoms with E-state index in [9.17, 15) is 9.59 Å². The van der Waals surface area contributed by atoms with E-state index in [4.69, 9.17) is 9.73 Å². The van der Waals surface area contributed by atoms with Gasteiger partial charge in [0.15, 0.2) is 5.17 Å². The third-order valence-electron chi connectivity index (χ3n) is 5.34. The molecule has 166 valence electrons. The van der Waals surface area contributed by atoms with Crippen LogP contribution < -0.4 is 5.32 Å². The Balaban J connectivity index is 1.97. The second-order valence-corrected chi connectivity index (χ2v) is 8.62. The van der Waals surface area contributed by atoms with Gasteiger partial charge >= 0.3 is 5.97 Å². The molecule has 0 radical (unpaired) electrons. The second kappa shape index (κ2) is 10.2. The van der Waals surface area contributed by atoms with E-state index in [1.54, 1.807) is 0 Å². The van der Waals surface area contributed by atoms with Crippen molar-refractivity contribution in [2.24, 2.45) is 4.99 Å². The summed E-state index contributed by atoms with van der Waals surface area (Å²) < 4.78 is 5.15. The van der Waals surface area contributed by atoms with E-state index >= 15 is 0 Å². The van der Waals surface area contributed by atoms with Crippen LogP contribution in [0, 0.1) is 6.92 Å². The lowest BCUT2D eigenvalue weighted by Gasteiger charge is -2.37. The van der Waals surface area contributed by atoms with Crippen LogP contribution in [0.15, 0.2) is 51.6 Å². The first-order valence-corrected chi connectivity index (χ1v) is 11.3. The number of amidine groups is 1. The monoisotopic (exact) mass is 442 g/mol. The highest BCUT2D eigenvalue weighted by molar-refractivity contribution is 8.16. The predicted octanol–water partition coefficient (Wildman–Crippen LogP) is 3.20. The fourth-order valence-corrected chi connectivity index (χ4v) is 4.68. The van der Waals surface area contributed by atoms with Crippen LogP contribution in [-0.2, 0) is 14.3 Å². The SMILES string of the molecule is CCC1=C(C(=O)OC)C(c2ccccc2C)N2C(CC(=O)NCCN(C)C)=CSC2=N1. The molecule has 0 saturated heterocycles. The fraction of sp³-hybridized carbons (Fsp3) is 0.435. The minimum atomic E-state index is -0.389. The average Bonchev–Trinajstić information content (AvgIpc) is 3.14. The summed E-state index contributed by atoms with van der Waals surface area (Å²) in [4.78, 5) is 34.3. The average molecular weight is 443 g/mol. The summed E-state index contributed by atoms with van der Waals surface area (Å²) in [6.07, 6.45) is 0.836. The van der Waals surface area contributed by atoms with Crippen LogP contribution in [0.25, 0.3) is 0 Å². The Morgan fingerprint density at radius 2 is 2.03 bits per heavy atom. The van der Waals surface area contributed by atoms with Crippen molar-refractivity contribution in [1.29, 1.82) is 0 Å². The van der Waals surface area contributed by atoms with E-state index in [0.29, 0.717) is 18.5 Å². The zero-order valence-electron chi connectivity index (χ0n) is 18.8. The molecule has 3 rings (SSSR count). The molecule has 2 aliphatic heterocycles. The number of rotatable bonds is 8. The molecule has 1 atom stereocenters. The van der Waals surface area contributed by atoms with Crippen molar-refractivity contribution in [3.8, 4) is 0 Å². The number of thioether (sulfide) groups is 1. The van der Waals surface area contributed by atoms with Crippen molar-refractivity contribution in [3.63, 3.8) is 0 Å². The lowest BCUT2D eigenvalue weighted by atomic mass is 9.90. The zero-order valence-corrected chi connectivity index (χ0v) is 19.6. The number of amides is 1. The molecular weight excluding hydrogens is 412 g/mol. The number of allylic oxidation sites excluding steroid dienone is 1. The Morgan fingerprint density at radius 3 is 2.68 bits per heavy atom. The van der Waals surface area contributed by atoms with E-state index in [1.807, 2.05) is 67.4 Å². The number of carbonyl (C=O) groups excluding carboxylic acids is 2. The van der Waals surface area contributed by atoms with Gasteiger partial charge in [0.25, 0.3) is 0 Å². The number of nitrogens with zero attached hydrogens (tertiary/aromatic N) is 3. The van der Waals surface area contributed by atoms with Crippen molar-refractivity contribution < 1.29 is 14.3 Å². The van der Waals surface area contributed by atoms with Crippen LogP contribution in [0.1, 0.15) is 36.9 Å². The highest BCUT2D eigenvalue weighted by Gasteiger charge is 2.41. The first kappa shape index (κ1) is 23.1. The van der Waals surface area contributed by atoms with Crippen molar-refractivity contribution in [2.45, 2.75) is 32.7 Å². The van der Waals surface area contributed by atoms with Gasteiger partial charge in [-0.25, -0.2) is 9.79 Å². The van der Waals surface area contributed by atoms with Crippen LogP contribution >= 0.6 is 11.8 Å². The Labute approximate surface area is 188 Å². The molecule has 7 nitrogen and oxygen atoms in total. The van der Waals surface area contributed by atoms with Gasteiger partial charge in [-0.3, -0.25) is 4.79 Å². The van der Waals surface area contributed by atoms with Gasteiger partial charge < -0.3 is 19.9 Å². The summed E-state index contributed by atoms with van der Waals surface area (Å²) in [7, 11) is 5.33. The molecule has 2 aliphatic rings. The first-order valence-electron chi connectivity index (χ1n) is 10.4. The standard InChI is InChI=1S/C23H30N4O3S/c1-6-18-20(22(29)30-5)21(17-10-8-7-9-15(17)2)27-16(14-31-23(27)25-18)13-19(28)24-11-12-26(3)4/h7-10,14,21H,6,11-13H2,1-5H3,(H,24,28). The number of methoxy groups -OCH3 is 1. The molecule has 0 aromatic heterocycles. The number of esters is 1. The number of aryl methyl sites for hydroxylation is 1. The summed E-state index contributed by atoms with van der Waals surface area (Å²) in [5, 5.41) is 5.71. The van der Waals surface area contributed by atoms with Gasteiger partial charge in [0, 0.05) is 18.8 Å². The molecule has 0 bridgehead atoms. The van der Waals surface area contributed by atoms with Crippen LogP contribution in [-0.4, -0.2) is 61.1 Å². The maximum Gasteiger partial charge on any atom is 0.338 e. The molecule has 0 aliphatic carbocycles. The highest BCUT2D eigenvalue weighted by atomic mass is 32.2. The summed E-state index contributed by atoms with van der Waals surface area (Å²) in [5.74, 6) is -0.442. The molecule has 8 heteroatoms. The van der Waals surface area contributed by atoms with Crippen molar-refractivity contribution in [1.82, 2.24) is 15.1 Å². The number of nitrogens with one attached hydrogen (secondary N) is 1. The number of benzene rings is 1. The van der Waals surface area contributed by atoms with Gasteiger partial charge in [0.1, 0.15) is 0 Å². The molecular formula is C23H30N4O3S. The van der Waals surface area contributed by atoms with Crippen molar-refractivity contribution >= 4 is 28.8 Å². The summed E-state index contributed by atoms with van der Waals surface area (Å²) in [5.41, 5.74) is 4.16. The second-order valence-electron chi connectivity index (χ2n) is 7.79. The number of fused-ring (bicyclic) bond motifs is 1. The molecule has 2 heterocycles. The minimum absolute atomic E-state index is 0.0524. The van der Waals surface area contributed by atoms with Gasteiger partial charge in [-0.1, -0.05) is 43.0 Å². The van der Waals surface area contributed by atoms with E-state index in [-0.39, 0.29) is 24.3 Å². The van der Waals surface area contributed by atoms with Crippen molar-refractivity contribution in [3.05, 3.63) is 57.8 Å². The van der Waals surface area contributed by atoms with E-state index < -0.39 is 0 Å². The summed E-state index contributed by atoms with van der Waals surface area (Å²) in [6, 6.07) is 7.62. The molecule has 1 amide bonds. The van der Waals surface area contributed by atoms with Crippen LogP contribution in [0.3, 0.4) is 0 Å². The van der Waals surface area contributed by atoms with E-state index in [2.05, 4.69) is 5.32 Å². The van der Waals surface area contributed by atoms with Gasteiger partial charge in [-0.2, -0.15) is 0 Å². The molecule has 0 spiro atoms. The Kier molecular flexibility index (Phi) is 7.56. The predicted molar refractivity (Wildman–Crippen MR) is 124 cm³/mol. The number of aliphatic imine (C=N–C) groups is 1. The van der Waals surface area contributed by atoms with Gasteiger partial charge in [-0.05, 0) is 44.0 Å². The van der Waals surface area contributed by atoms with E-state index in [1.165, 1.54) is 18.9 Å². The molecule has 0 fully saturated rings. The van der Waals surface area contributed by atoms with Gasteiger partial charge in [-0.15, -0.1) is 0 Å². The third-order valence-corrected chi connectivity index (χ3v) is 6.22. The summed E-state index contributed by atoms with van der Waals surface area (Å²) >= 11 is 1.49. The normalized spacial score (nSPS) is 18.0.